The van der Waals surface area contributed by atoms with Crippen LogP contribution >= 0.6 is 0 Å². The van der Waals surface area contributed by atoms with E-state index in [1.54, 1.807) is 38.4 Å². The number of aromatic nitrogens is 1. The third-order valence-corrected chi connectivity index (χ3v) is 20.1. The van der Waals surface area contributed by atoms with Gasteiger partial charge in [0.1, 0.15) is 24.2 Å². The van der Waals surface area contributed by atoms with E-state index in [9.17, 15) is 19.1 Å². The van der Waals surface area contributed by atoms with E-state index in [0.717, 1.165) is 114 Å². The molecule has 0 radical (unpaired) electrons. The van der Waals surface area contributed by atoms with Crippen molar-refractivity contribution in [1.29, 1.82) is 0 Å². The summed E-state index contributed by atoms with van der Waals surface area (Å²) in [6.07, 6.45) is 34.2. The molecular formula is C79H119FN8O6. The van der Waals surface area contributed by atoms with E-state index < -0.39 is 5.60 Å². The van der Waals surface area contributed by atoms with Crippen LogP contribution in [0.1, 0.15) is 209 Å². The van der Waals surface area contributed by atoms with Gasteiger partial charge in [0.05, 0.1) is 30.6 Å². The van der Waals surface area contributed by atoms with Gasteiger partial charge in [-0.05, 0) is 212 Å². The van der Waals surface area contributed by atoms with Crippen LogP contribution in [-0.2, 0) is 30.3 Å². The number of hydrogen-bond donors (Lipinski definition) is 2. The number of likely N-dealkylation sites (tertiary alicyclic amines) is 3. The first-order valence-electron chi connectivity index (χ1n) is 35.7. The van der Waals surface area contributed by atoms with Gasteiger partial charge in [0.25, 0.3) is 0 Å². The van der Waals surface area contributed by atoms with Crippen molar-refractivity contribution in [3.63, 3.8) is 0 Å². The molecule has 518 valence electrons. The Hall–Kier alpha value is -6.18. The number of rotatable bonds is 16. The molecule has 5 aliphatic heterocycles. The van der Waals surface area contributed by atoms with Crippen molar-refractivity contribution in [3.05, 3.63) is 97.9 Å². The van der Waals surface area contributed by atoms with Crippen LogP contribution in [-0.4, -0.2) is 167 Å². The van der Waals surface area contributed by atoms with E-state index in [1.165, 1.54) is 133 Å². The van der Waals surface area contributed by atoms with Crippen molar-refractivity contribution >= 4 is 48.5 Å². The summed E-state index contributed by atoms with van der Waals surface area (Å²) < 4.78 is 25.5. The Labute approximate surface area is 566 Å². The highest BCUT2D eigenvalue weighted by atomic mass is 19.1. The monoisotopic (exact) mass is 1290 g/mol. The number of aliphatic imine (C=N–C) groups is 1. The van der Waals surface area contributed by atoms with Crippen LogP contribution in [0, 0.1) is 43.4 Å². The summed E-state index contributed by atoms with van der Waals surface area (Å²) in [6.45, 7) is 32.2. The average Bonchev–Trinajstić information content (AvgIpc) is 1.46. The number of terminal acetylenes is 1. The number of benzene rings is 2. The highest BCUT2D eigenvalue weighted by Crippen LogP contribution is 2.53. The number of amides is 1. The standard InChI is InChI=1S/C32H36FN3O2.C25H37N3.C9H17NO.C6H12O.C3H6O.C2H5NO.C2H6/c1-7-25-28(33)12-11-23-15-24(22-9-10-22)16-26(29(23)25)30-20(3)19(2)27(17-34-30)31(35-21(4)38-6)36-14-8-13-32(5,37)18-36;1-19-4-7-23(12-24(19)26(2)3)22-8-10-27(11-9-22)16-21-13-25(14-21)17-28(18-25)15-20-5-6-20;1-11-7-9-5-4-8-3-2-6-10(8)9;1-3-4-6(2)5-7;1-2-3-4;1-3-2-4;1-2/h1,15-17,22,37H,2,8-14,18H2,3-6H3;4,7,12,15,21-22H,5-6,8-11,13-14,16-18H2,1-3H3;8-9H,2-7H2,1H3;5-6H,3-4H2,1-2H3;3H,2H2,1H3;2H,1H3,(H,3,4);1-2H3/b31-27+,35-21+;;;;;;/t32-;;;;;;/m1....../s1. The van der Waals surface area contributed by atoms with E-state index in [4.69, 9.17) is 30.7 Å². The highest BCUT2D eigenvalue weighted by molar-refractivity contribution is 5.92. The van der Waals surface area contributed by atoms with Gasteiger partial charge in [0, 0.05) is 132 Å². The second-order valence-corrected chi connectivity index (χ2v) is 28.2. The number of aryl methyl sites for hydroxylation is 2. The predicted molar refractivity (Wildman–Crippen MR) is 387 cm³/mol. The van der Waals surface area contributed by atoms with Crippen LogP contribution in [0.25, 0.3) is 29.2 Å². The first kappa shape index (κ1) is 76.8. The highest BCUT2D eigenvalue weighted by Gasteiger charge is 2.52. The smallest absolute Gasteiger partial charge is 0.206 e. The zero-order valence-corrected chi connectivity index (χ0v) is 60.3. The van der Waals surface area contributed by atoms with Crippen LogP contribution < -0.4 is 20.7 Å². The van der Waals surface area contributed by atoms with Crippen molar-refractivity contribution in [3.8, 4) is 23.6 Å². The average molecular weight is 1300 g/mol. The summed E-state index contributed by atoms with van der Waals surface area (Å²) in [5.74, 6) is 6.10. The molecule has 5 saturated heterocycles. The van der Waals surface area contributed by atoms with Crippen LogP contribution in [0.2, 0.25) is 0 Å². The third kappa shape index (κ3) is 21.4. The summed E-state index contributed by atoms with van der Waals surface area (Å²) in [5, 5.41) is 14.6. The molecule has 8 fully saturated rings. The fraction of sp³-hybridized carbons (Fsp3) is 0.633. The molecule has 2 aromatic carbocycles. The number of piperidine rings is 2. The molecule has 94 heavy (non-hydrogen) atoms. The van der Waals surface area contributed by atoms with Crippen LogP contribution in [0.15, 0.2) is 59.1 Å². The van der Waals surface area contributed by atoms with Gasteiger partial charge in [-0.15, -0.1) is 6.42 Å². The Morgan fingerprint density at radius 3 is 2.18 bits per heavy atom. The zero-order valence-electron chi connectivity index (χ0n) is 60.3. The number of pyridine rings is 1. The summed E-state index contributed by atoms with van der Waals surface area (Å²) in [6, 6.07) is 13.1. The number of hydrogen-bond acceptors (Lipinski definition) is 13. The fourth-order valence-electron chi connectivity index (χ4n) is 14.9. The van der Waals surface area contributed by atoms with Crippen LogP contribution in [0.5, 0.6) is 0 Å². The maximum absolute atomic E-state index is 14.9. The van der Waals surface area contributed by atoms with Crippen molar-refractivity contribution < 1.29 is 33.4 Å². The van der Waals surface area contributed by atoms with Gasteiger partial charge >= 0.3 is 0 Å². The first-order chi connectivity index (χ1) is 45.2. The zero-order chi connectivity index (χ0) is 68.7. The topological polar surface area (TPSA) is 143 Å². The summed E-state index contributed by atoms with van der Waals surface area (Å²) in [7, 11) is 9.27. The lowest BCUT2D eigenvalue weighted by molar-refractivity contribution is -0.111. The van der Waals surface area contributed by atoms with Crippen LogP contribution in [0.3, 0.4) is 0 Å². The number of carbonyl (C=O) groups excluding carboxylic acids is 3. The number of β-amino-alcohol motifs (C(OH)–C–C–N with tert-alkyl or cyclic N) is 1. The van der Waals surface area contributed by atoms with Gasteiger partial charge in [-0.3, -0.25) is 14.7 Å². The van der Waals surface area contributed by atoms with Gasteiger partial charge in [-0.2, -0.15) is 4.99 Å². The molecule has 1 aromatic heterocycles. The van der Waals surface area contributed by atoms with E-state index in [-0.39, 0.29) is 11.7 Å². The normalized spacial score (nSPS) is 22.5. The second kappa shape index (κ2) is 37.4. The maximum Gasteiger partial charge on any atom is 0.206 e. The van der Waals surface area contributed by atoms with Crippen molar-refractivity contribution in [2.75, 3.05) is 99.2 Å². The SMILES string of the molecule is C#CC1=C(F)CCc2cc(C3CC3)cc(-c3nc/c(=C(/N=C(\C)OC)N4CCC[C@@](C)(O)C4)c(=C)c3C)c21.CC.CCC=O.CCCC(C)C=O.CNC=O.COCC1CCC2CCCN21.Cc1ccc(C2CCN(CC3CC4(C3)CN(C=C3CC3)C4)CC2)cc1N(C)C. The first-order valence-corrected chi connectivity index (χ1v) is 35.7. The van der Waals surface area contributed by atoms with Gasteiger partial charge in [0.2, 0.25) is 6.41 Å². The quantitative estimate of drug-likeness (QED) is 0.0610. The van der Waals surface area contributed by atoms with Crippen molar-refractivity contribution in [2.24, 2.45) is 22.2 Å². The molecule has 1 spiro atoms. The lowest BCUT2D eigenvalue weighted by Crippen LogP contribution is -2.61. The number of halogens is 1. The molecule has 14 nitrogen and oxygen atoms in total. The number of nitrogens with zero attached hydrogens (tertiary/aromatic N) is 7. The molecule has 15 heteroatoms. The number of fused-ring (bicyclic) bond motifs is 2. The molecule has 12 rings (SSSR count). The van der Waals surface area contributed by atoms with E-state index in [1.807, 2.05) is 48.7 Å². The predicted octanol–water partition coefficient (Wildman–Crippen LogP) is 13.1. The number of anilines is 1. The molecule has 2 N–H and O–H groups in total. The molecular weight excluding hydrogens is 1180 g/mol. The molecule has 4 aliphatic carbocycles. The van der Waals surface area contributed by atoms with Crippen LogP contribution in [0.4, 0.5) is 10.1 Å². The number of allylic oxidation sites excluding steroid dienone is 3. The Kier molecular flexibility index (Phi) is 30.5. The summed E-state index contributed by atoms with van der Waals surface area (Å²) in [4.78, 5) is 50.2. The number of aliphatic hydroxyl groups is 1. The minimum Gasteiger partial charge on any atom is -0.484 e. The van der Waals surface area contributed by atoms with Gasteiger partial charge < -0.3 is 49.1 Å². The number of methoxy groups -OCH3 is 2. The molecule has 1 amide bonds. The van der Waals surface area contributed by atoms with Gasteiger partial charge in [0.15, 0.2) is 5.90 Å². The van der Waals surface area contributed by atoms with Crippen molar-refractivity contribution in [1.82, 2.24) is 29.9 Å². The summed E-state index contributed by atoms with van der Waals surface area (Å²) >= 11 is 0. The minimum atomic E-state index is -0.811. The lowest BCUT2D eigenvalue weighted by Gasteiger charge is -2.60. The molecule has 9 aliphatic rings. The number of aldehydes is 2. The van der Waals surface area contributed by atoms with Gasteiger partial charge in [-0.25, -0.2) is 4.39 Å². The minimum absolute atomic E-state index is 0.235. The Morgan fingerprint density at radius 1 is 0.936 bits per heavy atom. The molecule has 3 unspecified atom stereocenters. The van der Waals surface area contributed by atoms with Crippen molar-refractivity contribution in [2.45, 2.75) is 214 Å². The van der Waals surface area contributed by atoms with Gasteiger partial charge in [-0.1, -0.05) is 77.3 Å². The Balaban J connectivity index is 0.000000216. The number of ether oxygens (including phenoxy) is 2. The second-order valence-electron chi connectivity index (χ2n) is 28.2. The fourth-order valence-corrected chi connectivity index (χ4v) is 14.9. The molecule has 3 aromatic rings. The molecule has 6 heterocycles. The maximum atomic E-state index is 14.9. The summed E-state index contributed by atoms with van der Waals surface area (Å²) in [5.41, 5.74) is 11.9. The Bertz CT molecular complexity index is 3180. The van der Waals surface area contributed by atoms with E-state index >= 15 is 0 Å². The molecule has 4 atom stereocenters. The molecule has 3 saturated carbocycles. The largest absolute Gasteiger partial charge is 0.484 e. The third-order valence-electron chi connectivity index (χ3n) is 20.1. The van der Waals surface area contributed by atoms with E-state index in [2.05, 4.69) is 107 Å². The lowest BCUT2D eigenvalue weighted by atomic mass is 9.57. The number of nitrogens with one attached hydrogen (secondary N) is 1. The Morgan fingerprint density at radius 2 is 1.62 bits per heavy atom. The van der Waals surface area contributed by atoms with E-state index in [0.29, 0.717) is 60.8 Å². The number of carbonyl (C=O) groups is 3. The molecule has 0 bridgehead atoms.